The fraction of sp³-hybridized carbons (Fsp3) is 0. The van der Waals surface area contributed by atoms with Crippen LogP contribution in [0.1, 0.15) is 0 Å². The van der Waals surface area contributed by atoms with E-state index < -0.39 is 15.5 Å². The zero-order chi connectivity index (χ0) is 16.1. The number of nitro benzene ring substituents is 1. The molecule has 2 rings (SSSR count). The number of non-ortho nitro benzene ring substituents is 1. The van der Waals surface area contributed by atoms with Crippen molar-refractivity contribution in [2.24, 2.45) is 5.84 Å². The Morgan fingerprint density at radius 1 is 0.955 bits per heavy atom. The number of hydrogen-bond donors (Lipinski definition) is 4. The number of anilines is 3. The number of hydrogen-bond acceptors (Lipinski definition) is 10. The Bertz CT molecular complexity index is 705. The summed E-state index contributed by atoms with van der Waals surface area (Å²) in [6.07, 6.45) is 1.09. The second kappa shape index (κ2) is 6.27. The van der Waals surface area contributed by atoms with Crippen molar-refractivity contribution >= 4 is 28.7 Å². The molecule has 0 saturated carbocycles. The Labute approximate surface area is 122 Å². The molecule has 0 fully saturated rings. The minimum Gasteiger partial charge on any atom is -0.303 e. The van der Waals surface area contributed by atoms with Gasteiger partial charge in [0.15, 0.2) is 0 Å². The third-order valence-electron chi connectivity index (χ3n) is 2.54. The number of hydrazine groups is 2. The third kappa shape index (κ3) is 3.13. The van der Waals surface area contributed by atoms with Gasteiger partial charge in [-0.15, -0.1) is 0 Å². The van der Waals surface area contributed by atoms with Gasteiger partial charge in [0.1, 0.15) is 6.33 Å². The highest BCUT2D eigenvalue weighted by Gasteiger charge is 2.22. The molecule has 0 spiro atoms. The summed E-state index contributed by atoms with van der Waals surface area (Å²) in [6.45, 7) is 0. The Morgan fingerprint density at radius 3 is 2.14 bits per heavy atom. The number of nitrogens with one attached hydrogen (secondary N) is 3. The van der Waals surface area contributed by atoms with Crippen LogP contribution in [0.25, 0.3) is 0 Å². The van der Waals surface area contributed by atoms with Gasteiger partial charge < -0.3 is 5.43 Å². The van der Waals surface area contributed by atoms with Crippen molar-refractivity contribution in [2.45, 2.75) is 0 Å². The first kappa shape index (κ1) is 14.9. The average Bonchev–Trinajstić information content (AvgIpc) is 2.52. The van der Waals surface area contributed by atoms with E-state index in [2.05, 4.69) is 26.2 Å². The average molecular weight is 306 g/mol. The molecule has 12 heteroatoms. The highest BCUT2D eigenvalue weighted by atomic mass is 16.6. The van der Waals surface area contributed by atoms with Crippen LogP contribution in [0.3, 0.4) is 0 Å². The van der Waals surface area contributed by atoms with Crippen molar-refractivity contribution in [1.29, 1.82) is 0 Å². The second-order valence-corrected chi connectivity index (χ2v) is 3.87. The molecule has 1 aromatic carbocycles. The van der Waals surface area contributed by atoms with Crippen LogP contribution in [0.4, 0.5) is 28.7 Å². The highest BCUT2D eigenvalue weighted by Crippen LogP contribution is 2.28. The molecule has 0 aliphatic rings. The summed E-state index contributed by atoms with van der Waals surface area (Å²) in [5.74, 6) is 4.87. The van der Waals surface area contributed by atoms with E-state index in [-0.39, 0.29) is 17.3 Å². The van der Waals surface area contributed by atoms with Crippen LogP contribution in [-0.4, -0.2) is 19.8 Å². The predicted octanol–water partition coefficient (Wildman–Crippen LogP) is 1.02. The van der Waals surface area contributed by atoms with E-state index >= 15 is 0 Å². The van der Waals surface area contributed by atoms with Crippen molar-refractivity contribution in [3.63, 3.8) is 0 Å². The van der Waals surface area contributed by atoms with Gasteiger partial charge in [0.05, 0.1) is 15.5 Å². The summed E-state index contributed by atoms with van der Waals surface area (Å²) in [5.41, 5.74) is 7.19. The summed E-state index contributed by atoms with van der Waals surface area (Å²) < 4.78 is 0. The molecule has 114 valence electrons. The van der Waals surface area contributed by atoms with Gasteiger partial charge in [0, 0.05) is 12.1 Å². The molecule has 2 aromatic rings. The number of benzene rings is 1. The van der Waals surface area contributed by atoms with Gasteiger partial charge in [-0.1, -0.05) is 0 Å². The van der Waals surface area contributed by atoms with Crippen molar-refractivity contribution in [3.8, 4) is 0 Å². The molecule has 0 amide bonds. The van der Waals surface area contributed by atoms with Crippen molar-refractivity contribution in [1.82, 2.24) is 9.97 Å². The van der Waals surface area contributed by atoms with Gasteiger partial charge >= 0.3 is 5.69 Å². The van der Waals surface area contributed by atoms with E-state index in [4.69, 9.17) is 5.84 Å². The summed E-state index contributed by atoms with van der Waals surface area (Å²) in [4.78, 5) is 27.7. The predicted molar refractivity (Wildman–Crippen MR) is 76.8 cm³/mol. The molecular weight excluding hydrogens is 296 g/mol. The molecule has 0 bridgehead atoms. The Kier molecular flexibility index (Phi) is 4.24. The summed E-state index contributed by atoms with van der Waals surface area (Å²) >= 11 is 0. The monoisotopic (exact) mass is 306 g/mol. The fourth-order valence-electron chi connectivity index (χ4n) is 1.55. The van der Waals surface area contributed by atoms with Crippen molar-refractivity contribution < 1.29 is 9.85 Å². The number of aromatic nitrogens is 2. The van der Waals surface area contributed by atoms with Gasteiger partial charge in [-0.25, -0.2) is 15.8 Å². The molecule has 1 aromatic heterocycles. The fourth-order valence-corrected chi connectivity index (χ4v) is 1.55. The minimum absolute atomic E-state index is 0.0758. The first-order chi connectivity index (χ1) is 10.5. The number of nitrogens with zero attached hydrogens (tertiary/aromatic N) is 4. The lowest BCUT2D eigenvalue weighted by Crippen LogP contribution is -2.16. The quantitative estimate of drug-likeness (QED) is 0.342. The summed E-state index contributed by atoms with van der Waals surface area (Å²) in [5, 5.41) is 21.6. The normalized spacial score (nSPS) is 9.86. The number of rotatable bonds is 6. The van der Waals surface area contributed by atoms with Crippen LogP contribution < -0.4 is 22.1 Å². The minimum atomic E-state index is -0.699. The van der Waals surface area contributed by atoms with Gasteiger partial charge in [0.25, 0.3) is 5.69 Å². The zero-order valence-electron chi connectivity index (χ0n) is 10.9. The van der Waals surface area contributed by atoms with E-state index in [0.29, 0.717) is 5.69 Å². The Hall–Kier alpha value is -3.54. The maximum absolute atomic E-state index is 11.0. The maximum Gasteiger partial charge on any atom is 0.356 e. The standard InChI is InChI=1S/C10H10N8O4/c11-14-9-8(18(21)22)10(13-5-12-9)16-15-6-1-3-7(4-2-6)17(19)20/h1-5,15H,11H2,(H2,12,13,14,16). The highest BCUT2D eigenvalue weighted by molar-refractivity contribution is 5.70. The van der Waals surface area contributed by atoms with Gasteiger partial charge in [-0.3, -0.25) is 31.1 Å². The molecule has 0 atom stereocenters. The zero-order valence-corrected chi connectivity index (χ0v) is 10.9. The van der Waals surface area contributed by atoms with E-state index in [1.54, 1.807) is 0 Å². The van der Waals surface area contributed by atoms with Crippen LogP contribution in [-0.2, 0) is 0 Å². The van der Waals surface area contributed by atoms with E-state index in [9.17, 15) is 20.2 Å². The lowest BCUT2D eigenvalue weighted by atomic mass is 10.3. The van der Waals surface area contributed by atoms with E-state index in [1.807, 2.05) is 0 Å². The van der Waals surface area contributed by atoms with E-state index in [1.165, 1.54) is 24.3 Å². The van der Waals surface area contributed by atoms with Crippen LogP contribution in [0.2, 0.25) is 0 Å². The molecule has 1 heterocycles. The third-order valence-corrected chi connectivity index (χ3v) is 2.54. The maximum atomic E-state index is 11.0. The SMILES string of the molecule is NNc1ncnc(NNc2ccc([N+](=O)[O-])cc2)c1[N+](=O)[O-]. The lowest BCUT2D eigenvalue weighted by molar-refractivity contribution is -0.384. The Balaban J connectivity index is 2.18. The van der Waals surface area contributed by atoms with E-state index in [0.717, 1.165) is 6.33 Å². The molecule has 12 nitrogen and oxygen atoms in total. The molecular formula is C10H10N8O4. The summed E-state index contributed by atoms with van der Waals surface area (Å²) in [7, 11) is 0. The molecule has 0 unspecified atom stereocenters. The van der Waals surface area contributed by atoms with Gasteiger partial charge in [0.2, 0.25) is 11.6 Å². The van der Waals surface area contributed by atoms with Crippen LogP contribution in [0.5, 0.6) is 0 Å². The lowest BCUT2D eigenvalue weighted by Gasteiger charge is -2.10. The van der Waals surface area contributed by atoms with Crippen molar-refractivity contribution in [3.05, 3.63) is 50.8 Å². The van der Waals surface area contributed by atoms with Crippen LogP contribution in [0.15, 0.2) is 30.6 Å². The van der Waals surface area contributed by atoms with Crippen LogP contribution in [0, 0.1) is 20.2 Å². The van der Waals surface area contributed by atoms with Crippen LogP contribution >= 0.6 is 0 Å². The smallest absolute Gasteiger partial charge is 0.303 e. The topological polar surface area (TPSA) is 174 Å². The molecule has 0 saturated heterocycles. The molecule has 0 aliphatic heterocycles. The summed E-state index contributed by atoms with van der Waals surface area (Å²) in [6, 6.07) is 5.43. The number of nitro groups is 2. The molecule has 22 heavy (non-hydrogen) atoms. The van der Waals surface area contributed by atoms with Gasteiger partial charge in [-0.05, 0) is 12.1 Å². The van der Waals surface area contributed by atoms with Crippen molar-refractivity contribution in [2.75, 3.05) is 16.3 Å². The number of nitrogen functional groups attached to an aromatic ring is 1. The Morgan fingerprint density at radius 2 is 1.59 bits per heavy atom. The largest absolute Gasteiger partial charge is 0.356 e. The van der Waals surface area contributed by atoms with Gasteiger partial charge in [-0.2, -0.15) is 0 Å². The first-order valence-electron chi connectivity index (χ1n) is 5.75. The number of nitrogens with two attached hydrogens (primary N) is 1. The molecule has 5 N–H and O–H groups in total. The first-order valence-corrected chi connectivity index (χ1v) is 5.75. The second-order valence-electron chi connectivity index (χ2n) is 3.87. The molecule has 0 radical (unpaired) electrons. The molecule has 0 aliphatic carbocycles.